The molecule has 4 aromatic rings. The van der Waals surface area contributed by atoms with Gasteiger partial charge >= 0.3 is 0 Å². The molecular formula is C29H24Cl2N4O3S2. The van der Waals surface area contributed by atoms with Crippen LogP contribution >= 0.6 is 46.8 Å². The first kappa shape index (κ1) is 27.9. The van der Waals surface area contributed by atoms with Gasteiger partial charge in [0.2, 0.25) is 5.91 Å². The molecule has 2 aromatic carbocycles. The molecule has 40 heavy (non-hydrogen) atoms. The third-order valence-corrected chi connectivity index (χ3v) is 7.86. The van der Waals surface area contributed by atoms with E-state index in [1.54, 1.807) is 36.4 Å². The smallest absolute Gasteiger partial charge is 0.264 e. The summed E-state index contributed by atoms with van der Waals surface area (Å²) in [6, 6.07) is 20.2. The molecule has 0 unspecified atom stereocenters. The van der Waals surface area contributed by atoms with Gasteiger partial charge in [0.25, 0.3) is 5.91 Å². The van der Waals surface area contributed by atoms with Crippen molar-refractivity contribution in [1.82, 2.24) is 10.2 Å². The van der Waals surface area contributed by atoms with E-state index in [0.717, 1.165) is 29.3 Å². The molecule has 2 N–H and O–H groups in total. The molecule has 1 fully saturated rings. The van der Waals surface area contributed by atoms with Gasteiger partial charge in [-0.2, -0.15) is 0 Å². The zero-order chi connectivity index (χ0) is 28.1. The highest BCUT2D eigenvalue weighted by molar-refractivity contribution is 7.80. The third kappa shape index (κ3) is 6.92. The number of carbonyl (C=O) groups is 2. The van der Waals surface area contributed by atoms with Crippen LogP contribution in [0.2, 0.25) is 10.0 Å². The lowest BCUT2D eigenvalue weighted by Gasteiger charge is -2.36. The fourth-order valence-electron chi connectivity index (χ4n) is 4.23. The molecule has 2 amide bonds. The average Bonchev–Trinajstić information content (AvgIpc) is 3.65. The molecule has 7 nitrogen and oxygen atoms in total. The quantitative estimate of drug-likeness (QED) is 0.185. The van der Waals surface area contributed by atoms with Gasteiger partial charge in [-0.15, -0.1) is 11.3 Å². The number of nitrogens with zero attached hydrogens (tertiary/aromatic N) is 2. The monoisotopic (exact) mass is 610 g/mol. The van der Waals surface area contributed by atoms with E-state index in [2.05, 4.69) is 15.5 Å². The van der Waals surface area contributed by atoms with Crippen molar-refractivity contribution in [2.75, 3.05) is 36.4 Å². The minimum atomic E-state index is -0.397. The number of thiocarbonyl (C=S) groups is 1. The fourth-order valence-corrected chi connectivity index (χ4v) is 5.64. The number of piperazine rings is 1. The molecule has 0 saturated carbocycles. The number of amides is 2. The third-order valence-electron chi connectivity index (χ3n) is 6.25. The van der Waals surface area contributed by atoms with E-state index < -0.39 is 5.91 Å². The number of carbonyl (C=O) groups excluding carboxylic acids is 2. The van der Waals surface area contributed by atoms with E-state index >= 15 is 0 Å². The van der Waals surface area contributed by atoms with Crippen LogP contribution < -0.4 is 15.5 Å². The molecule has 1 aliphatic rings. The second-order valence-corrected chi connectivity index (χ2v) is 11.1. The van der Waals surface area contributed by atoms with Crippen molar-refractivity contribution in [3.8, 4) is 11.3 Å². The maximum absolute atomic E-state index is 12.6. The Hall–Kier alpha value is -3.63. The first-order valence-electron chi connectivity index (χ1n) is 12.4. The number of halogens is 2. The molecule has 1 aliphatic heterocycles. The number of hydrogen-bond acceptors (Lipinski definition) is 6. The summed E-state index contributed by atoms with van der Waals surface area (Å²) in [6.45, 7) is 2.87. The van der Waals surface area contributed by atoms with Gasteiger partial charge in [-0.1, -0.05) is 29.3 Å². The summed E-state index contributed by atoms with van der Waals surface area (Å²) in [5, 5.41) is 8.76. The van der Waals surface area contributed by atoms with Crippen LogP contribution in [0.5, 0.6) is 0 Å². The molecule has 0 spiro atoms. The van der Waals surface area contributed by atoms with Gasteiger partial charge in [-0.25, -0.2) is 0 Å². The normalized spacial score (nSPS) is 13.4. The summed E-state index contributed by atoms with van der Waals surface area (Å²) in [4.78, 5) is 29.8. The Morgan fingerprint density at radius 2 is 1.75 bits per heavy atom. The fraction of sp³-hybridized carbons (Fsp3) is 0.138. The Balaban J connectivity index is 1.09. The second-order valence-electron chi connectivity index (χ2n) is 8.91. The number of rotatable bonds is 6. The number of hydrogen-bond donors (Lipinski definition) is 2. The summed E-state index contributed by atoms with van der Waals surface area (Å²) in [5.74, 6) is 0.751. The van der Waals surface area contributed by atoms with E-state index in [9.17, 15) is 9.59 Å². The average molecular weight is 612 g/mol. The lowest BCUT2D eigenvalue weighted by Crippen LogP contribution is -2.48. The zero-order valence-electron chi connectivity index (χ0n) is 21.1. The van der Waals surface area contributed by atoms with E-state index in [-0.39, 0.29) is 11.0 Å². The number of furan rings is 1. The number of benzene rings is 2. The van der Waals surface area contributed by atoms with Crippen LogP contribution in [0.25, 0.3) is 17.4 Å². The number of anilines is 2. The Bertz CT molecular complexity index is 1540. The lowest BCUT2D eigenvalue weighted by molar-refractivity contribution is -0.115. The van der Waals surface area contributed by atoms with E-state index in [1.165, 1.54) is 17.4 Å². The second kappa shape index (κ2) is 12.7. The summed E-state index contributed by atoms with van der Waals surface area (Å²) in [7, 11) is 0. The van der Waals surface area contributed by atoms with Crippen LogP contribution in [0.1, 0.15) is 15.4 Å². The number of nitrogens with one attached hydrogen (secondary N) is 2. The summed E-state index contributed by atoms with van der Waals surface area (Å²) >= 11 is 19.0. The molecule has 5 rings (SSSR count). The summed E-state index contributed by atoms with van der Waals surface area (Å²) in [6.07, 6.45) is 2.89. The standard InChI is InChI=1S/C29H24Cl2N4O3S2/c30-19-3-10-23(24(31)18-19)25-11-8-22(38-25)9-12-27(36)33-29(39)32-20-4-6-21(7-5-20)34-13-15-35(16-14-34)28(37)26-2-1-17-40-26/h1-12,17-18H,13-16H2,(H2,32,33,36,39)/b12-9+. The molecule has 0 atom stereocenters. The van der Waals surface area contributed by atoms with E-state index in [4.69, 9.17) is 39.8 Å². The lowest BCUT2D eigenvalue weighted by atomic mass is 10.2. The molecule has 11 heteroatoms. The van der Waals surface area contributed by atoms with Crippen molar-refractivity contribution in [2.45, 2.75) is 0 Å². The predicted octanol–water partition coefficient (Wildman–Crippen LogP) is 6.80. The van der Waals surface area contributed by atoms with Crippen molar-refractivity contribution in [3.05, 3.63) is 98.9 Å². The van der Waals surface area contributed by atoms with Gasteiger partial charge in [0.1, 0.15) is 11.5 Å². The minimum absolute atomic E-state index is 0.0939. The van der Waals surface area contributed by atoms with Gasteiger partial charge in [-0.3, -0.25) is 14.9 Å². The number of thiophene rings is 1. The maximum atomic E-state index is 12.6. The summed E-state index contributed by atoms with van der Waals surface area (Å²) < 4.78 is 5.77. The Morgan fingerprint density at radius 3 is 2.45 bits per heavy atom. The Kier molecular flexibility index (Phi) is 8.86. The molecular weight excluding hydrogens is 587 g/mol. The van der Waals surface area contributed by atoms with Crippen LogP contribution in [-0.2, 0) is 4.79 Å². The van der Waals surface area contributed by atoms with Crippen molar-refractivity contribution in [1.29, 1.82) is 0 Å². The first-order chi connectivity index (χ1) is 19.4. The maximum Gasteiger partial charge on any atom is 0.264 e. The predicted molar refractivity (Wildman–Crippen MR) is 166 cm³/mol. The SMILES string of the molecule is O=C(/C=C/c1ccc(-c2ccc(Cl)cc2Cl)o1)NC(=S)Nc1ccc(N2CCN(C(=O)c3cccs3)CC2)cc1. The molecule has 204 valence electrons. The minimum Gasteiger partial charge on any atom is -0.457 e. The van der Waals surface area contributed by atoms with E-state index in [0.29, 0.717) is 40.2 Å². The molecule has 1 saturated heterocycles. The highest BCUT2D eigenvalue weighted by atomic mass is 35.5. The molecule has 0 radical (unpaired) electrons. The topological polar surface area (TPSA) is 77.8 Å². The first-order valence-corrected chi connectivity index (χ1v) is 14.4. The van der Waals surface area contributed by atoms with Gasteiger partial charge < -0.3 is 19.5 Å². The molecule has 3 heterocycles. The van der Waals surface area contributed by atoms with Crippen molar-refractivity contribution < 1.29 is 14.0 Å². The van der Waals surface area contributed by atoms with E-state index in [1.807, 2.05) is 46.7 Å². The van der Waals surface area contributed by atoms with Crippen molar-refractivity contribution in [2.24, 2.45) is 0 Å². The highest BCUT2D eigenvalue weighted by Crippen LogP contribution is 2.31. The highest BCUT2D eigenvalue weighted by Gasteiger charge is 2.22. The molecule has 0 bridgehead atoms. The van der Waals surface area contributed by atoms with Gasteiger partial charge in [0, 0.05) is 54.2 Å². The van der Waals surface area contributed by atoms with Gasteiger partial charge in [0.05, 0.1) is 9.90 Å². The van der Waals surface area contributed by atoms with Gasteiger partial charge in [-0.05, 0) is 84.3 Å². The van der Waals surface area contributed by atoms with Crippen LogP contribution in [0.3, 0.4) is 0 Å². The van der Waals surface area contributed by atoms with Crippen molar-refractivity contribution in [3.63, 3.8) is 0 Å². The van der Waals surface area contributed by atoms with Crippen LogP contribution in [0.15, 0.2) is 82.6 Å². The van der Waals surface area contributed by atoms with Crippen molar-refractivity contribution >= 4 is 81.1 Å². The van der Waals surface area contributed by atoms with Crippen LogP contribution in [0.4, 0.5) is 11.4 Å². The van der Waals surface area contributed by atoms with Gasteiger partial charge in [0.15, 0.2) is 5.11 Å². The molecule has 0 aliphatic carbocycles. The van der Waals surface area contributed by atoms with Crippen LogP contribution in [0, 0.1) is 0 Å². The zero-order valence-corrected chi connectivity index (χ0v) is 24.2. The Labute approximate surface area is 251 Å². The van der Waals surface area contributed by atoms with Crippen LogP contribution in [-0.4, -0.2) is 48.0 Å². The largest absolute Gasteiger partial charge is 0.457 e. The summed E-state index contributed by atoms with van der Waals surface area (Å²) in [5.41, 5.74) is 2.52. The molecule has 2 aromatic heterocycles. The Morgan fingerprint density at radius 1 is 0.975 bits per heavy atom.